The lowest BCUT2D eigenvalue weighted by atomic mass is 9.65. The zero-order valence-corrected chi connectivity index (χ0v) is 42.3. The van der Waals surface area contributed by atoms with E-state index in [1.54, 1.807) is 68.4 Å². The van der Waals surface area contributed by atoms with Gasteiger partial charge in [0.15, 0.2) is 0 Å². The van der Waals surface area contributed by atoms with Crippen LogP contribution >= 0.6 is 0 Å². The van der Waals surface area contributed by atoms with E-state index < -0.39 is 77.3 Å². The van der Waals surface area contributed by atoms with Crippen molar-refractivity contribution in [1.29, 1.82) is 0 Å². The Balaban J connectivity index is 1.26. The van der Waals surface area contributed by atoms with E-state index >= 15 is 19.2 Å². The molecule has 3 saturated heterocycles. The Labute approximate surface area is 436 Å². The molecular formula is C60H61N5O10. The second-order valence-electron chi connectivity index (χ2n) is 19.8. The normalized spacial score (nSPS) is 23.5. The first kappa shape index (κ1) is 50.7. The molecule has 4 heterocycles. The molecule has 386 valence electrons. The van der Waals surface area contributed by atoms with Crippen LogP contribution in [-0.2, 0) is 38.8 Å². The monoisotopic (exact) mass is 1010 g/mol. The van der Waals surface area contributed by atoms with E-state index in [1.165, 1.54) is 7.11 Å². The summed E-state index contributed by atoms with van der Waals surface area (Å²) in [5, 5.41) is 16.1. The van der Waals surface area contributed by atoms with Crippen LogP contribution in [0.1, 0.15) is 85.5 Å². The summed E-state index contributed by atoms with van der Waals surface area (Å²) in [6.45, 7) is 5.58. The summed E-state index contributed by atoms with van der Waals surface area (Å²) in [4.78, 5) is 82.6. The molecule has 7 atom stereocenters. The summed E-state index contributed by atoms with van der Waals surface area (Å²) >= 11 is 0. The van der Waals surface area contributed by atoms with Gasteiger partial charge >= 0.3 is 18.0 Å². The summed E-state index contributed by atoms with van der Waals surface area (Å²) in [6, 6.07) is 32.7. The number of hydrogen-bond acceptors (Lipinski definition) is 12. The highest BCUT2D eigenvalue weighted by molar-refractivity contribution is 6.25. The number of ether oxygens (including phenoxy) is 4. The van der Waals surface area contributed by atoms with E-state index in [4.69, 9.17) is 18.9 Å². The van der Waals surface area contributed by atoms with Crippen LogP contribution in [0, 0.1) is 23.7 Å². The molecule has 1 aliphatic carbocycles. The highest BCUT2D eigenvalue weighted by Crippen LogP contribution is 2.66. The summed E-state index contributed by atoms with van der Waals surface area (Å²) < 4.78 is 23.8. The molecule has 0 radical (unpaired) electrons. The second-order valence-corrected chi connectivity index (χ2v) is 19.8. The lowest BCUT2D eigenvalue weighted by Gasteiger charge is -2.46. The van der Waals surface area contributed by atoms with Crippen LogP contribution < -0.4 is 25.2 Å². The van der Waals surface area contributed by atoms with Crippen molar-refractivity contribution >= 4 is 46.8 Å². The number of benzene rings is 5. The quantitative estimate of drug-likeness (QED) is 0.0814. The number of carbonyl (C=O) groups excluding carboxylic acids is 5. The fourth-order valence-electron chi connectivity index (χ4n) is 11.7. The lowest BCUT2D eigenvalue weighted by Crippen LogP contribution is -2.57. The molecular weight excluding hydrogens is 951 g/mol. The standard InChI is InChI=1S/C60H61N5O10/c1-38(2)50(56(68)72-3)62-59(71)64-47-30-25-40(24-23-39-15-7-4-8-16-39)37-46(47)60(58(64)70)49(55(67)61-43-26-28-44(29-27-43)63-31-34-73-35-32-63)52-57(69)75-53(42-19-11-6-12-20-42)51(41-17-9-5-10-18-41)65(52)54(60)45-21-13-14-22-48(45)74-36-33-66/h5-6,9-15,17-22,25-30,37-38,49-54,66H,4,7-8,16,31-36H2,1-3H3,(H,61,67)(H,62,71)/t49-,50-,51-,52-,53+,54+,60-/m0/s1. The average Bonchev–Trinajstić information content (AvgIpc) is 3.91. The van der Waals surface area contributed by atoms with Gasteiger partial charge in [-0.15, -0.1) is 0 Å². The molecule has 0 saturated carbocycles. The van der Waals surface area contributed by atoms with Crippen molar-refractivity contribution in [2.24, 2.45) is 11.8 Å². The first-order valence-corrected chi connectivity index (χ1v) is 25.8. The Morgan fingerprint density at radius 2 is 1.55 bits per heavy atom. The van der Waals surface area contributed by atoms with Gasteiger partial charge in [-0.05, 0) is 102 Å². The predicted molar refractivity (Wildman–Crippen MR) is 282 cm³/mol. The molecule has 5 aliphatic rings. The van der Waals surface area contributed by atoms with E-state index in [-0.39, 0.29) is 30.2 Å². The molecule has 0 aromatic heterocycles. The first-order chi connectivity index (χ1) is 36.5. The number of nitrogens with zero attached hydrogens (tertiary/aromatic N) is 3. The van der Waals surface area contributed by atoms with Crippen LogP contribution in [0.15, 0.2) is 139 Å². The van der Waals surface area contributed by atoms with Gasteiger partial charge < -0.3 is 39.6 Å². The topological polar surface area (TPSA) is 176 Å². The van der Waals surface area contributed by atoms with E-state index in [0.29, 0.717) is 48.7 Å². The number of aliphatic hydroxyl groups excluding tert-OH is 1. The SMILES string of the molecule is COC(=O)[C@@H](NC(=O)N1C(=O)[C@@]2(c3cc(C#CC4=CCCCC4)ccc31)[C@H](C(=O)Nc1ccc(N3CCOCC3)cc1)[C@H]1C(=O)O[C@H](c3ccccc3)[C@H](c3ccccc3)N1[C@@H]2c1ccccc1OCCO)C(C)C. The molecule has 4 aliphatic heterocycles. The van der Waals surface area contributed by atoms with E-state index in [0.717, 1.165) is 47.4 Å². The van der Waals surface area contributed by atoms with Crippen molar-refractivity contribution in [3.05, 3.63) is 167 Å². The maximum atomic E-state index is 16.9. The van der Waals surface area contributed by atoms with Crippen molar-refractivity contribution in [3.8, 4) is 17.6 Å². The zero-order valence-electron chi connectivity index (χ0n) is 42.3. The van der Waals surface area contributed by atoms with Gasteiger partial charge in [0.25, 0.3) is 0 Å². The highest BCUT2D eigenvalue weighted by atomic mass is 16.6. The van der Waals surface area contributed by atoms with Crippen molar-refractivity contribution in [3.63, 3.8) is 0 Å². The predicted octanol–water partition coefficient (Wildman–Crippen LogP) is 7.96. The molecule has 0 unspecified atom stereocenters. The van der Waals surface area contributed by atoms with Gasteiger partial charge in [0.1, 0.15) is 36.0 Å². The van der Waals surface area contributed by atoms with Crippen LogP contribution in [0.4, 0.5) is 21.9 Å². The molecule has 10 rings (SSSR count). The zero-order chi connectivity index (χ0) is 52.2. The highest BCUT2D eigenvalue weighted by Gasteiger charge is 2.76. The van der Waals surface area contributed by atoms with Crippen LogP contribution in [0.2, 0.25) is 0 Å². The first-order valence-electron chi connectivity index (χ1n) is 25.8. The number of esters is 2. The number of fused-ring (bicyclic) bond motifs is 3. The Morgan fingerprint density at radius 1 is 0.840 bits per heavy atom. The van der Waals surface area contributed by atoms with Crippen LogP contribution in [0.3, 0.4) is 0 Å². The number of rotatable bonds is 12. The number of amides is 4. The molecule has 75 heavy (non-hydrogen) atoms. The number of aliphatic hydroxyl groups is 1. The summed E-state index contributed by atoms with van der Waals surface area (Å²) in [7, 11) is 1.22. The molecule has 4 amide bonds. The van der Waals surface area contributed by atoms with Crippen molar-refractivity contribution in [1.82, 2.24) is 10.2 Å². The van der Waals surface area contributed by atoms with E-state index in [9.17, 15) is 9.90 Å². The second kappa shape index (κ2) is 22.0. The van der Waals surface area contributed by atoms with Crippen LogP contribution in [0.5, 0.6) is 5.75 Å². The van der Waals surface area contributed by atoms with Crippen LogP contribution in [-0.4, -0.2) is 98.5 Å². The van der Waals surface area contributed by atoms with Crippen molar-refractivity contribution in [2.45, 2.75) is 75.2 Å². The molecule has 5 aromatic rings. The summed E-state index contributed by atoms with van der Waals surface area (Å²) in [5.74, 6) is 1.87. The Kier molecular flexibility index (Phi) is 14.9. The number of morpholine rings is 2. The number of anilines is 3. The number of cyclic esters (lactones) is 1. The Hall–Kier alpha value is -7.77. The van der Waals surface area contributed by atoms with Crippen LogP contribution in [0.25, 0.3) is 0 Å². The Bertz CT molecular complexity index is 3040. The third-order valence-electron chi connectivity index (χ3n) is 15.1. The molecule has 3 fully saturated rings. The van der Waals surface area contributed by atoms with Crippen molar-refractivity contribution in [2.75, 3.05) is 61.7 Å². The van der Waals surface area contributed by atoms with Gasteiger partial charge in [0.05, 0.1) is 50.6 Å². The summed E-state index contributed by atoms with van der Waals surface area (Å²) in [6.07, 6.45) is 4.96. The van der Waals surface area contributed by atoms with Gasteiger partial charge in [0.2, 0.25) is 11.8 Å². The van der Waals surface area contributed by atoms with Gasteiger partial charge in [-0.3, -0.25) is 19.3 Å². The minimum Gasteiger partial charge on any atom is -0.491 e. The Morgan fingerprint density at radius 3 is 2.23 bits per heavy atom. The fourth-order valence-corrected chi connectivity index (χ4v) is 11.7. The number of hydrogen-bond donors (Lipinski definition) is 3. The third-order valence-corrected chi connectivity index (χ3v) is 15.1. The van der Waals surface area contributed by atoms with Crippen molar-refractivity contribution < 1.29 is 48.0 Å². The lowest BCUT2D eigenvalue weighted by molar-refractivity contribution is -0.178. The van der Waals surface area contributed by atoms with Gasteiger partial charge in [0, 0.05) is 35.6 Å². The van der Waals surface area contributed by atoms with E-state index in [2.05, 4.69) is 33.5 Å². The number of urea groups is 1. The largest absolute Gasteiger partial charge is 0.491 e. The third kappa shape index (κ3) is 9.54. The number of allylic oxidation sites excluding steroid dienone is 2. The maximum absolute atomic E-state index is 16.9. The molecule has 3 N–H and O–H groups in total. The average molecular weight is 1010 g/mol. The minimum atomic E-state index is -2.16. The molecule has 1 spiro atoms. The number of carbonyl (C=O) groups is 5. The molecule has 5 aromatic carbocycles. The number of para-hydroxylation sites is 1. The fraction of sp³-hybridized carbons (Fsp3) is 0.350. The number of imide groups is 1. The molecule has 15 heteroatoms. The van der Waals surface area contributed by atoms with Gasteiger partial charge in [-0.25, -0.2) is 14.5 Å². The molecule has 15 nitrogen and oxygen atoms in total. The van der Waals surface area contributed by atoms with E-state index in [1.807, 2.05) is 77.7 Å². The number of methoxy groups -OCH3 is 1. The minimum absolute atomic E-state index is 0.125. The smallest absolute Gasteiger partial charge is 0.329 e. The molecule has 0 bridgehead atoms. The number of nitrogens with one attached hydrogen (secondary N) is 2. The maximum Gasteiger partial charge on any atom is 0.329 e. The summed E-state index contributed by atoms with van der Waals surface area (Å²) in [5.41, 5.74) is 2.83. The van der Waals surface area contributed by atoms with Gasteiger partial charge in [-0.1, -0.05) is 111 Å². The van der Waals surface area contributed by atoms with Gasteiger partial charge in [-0.2, -0.15) is 0 Å².